The van der Waals surface area contributed by atoms with Gasteiger partial charge in [-0.15, -0.1) is 0 Å². The second-order valence-corrected chi connectivity index (χ2v) is 3.98. The van der Waals surface area contributed by atoms with E-state index >= 15 is 0 Å². The summed E-state index contributed by atoms with van der Waals surface area (Å²) in [5, 5.41) is 12.2. The quantitative estimate of drug-likeness (QED) is 0.807. The topological polar surface area (TPSA) is 71.7 Å². The van der Waals surface area contributed by atoms with Gasteiger partial charge in [0.1, 0.15) is 0 Å². The lowest BCUT2D eigenvalue weighted by molar-refractivity contribution is 0.0563. The molecule has 0 bridgehead atoms. The molecule has 1 aromatic carbocycles. The highest BCUT2D eigenvalue weighted by atomic mass is 16.5. The van der Waals surface area contributed by atoms with Gasteiger partial charge in [-0.05, 0) is 23.8 Å². The maximum atomic E-state index is 11.4. The second-order valence-electron chi connectivity index (χ2n) is 3.98. The lowest BCUT2D eigenvalue weighted by atomic mass is 10.2. The summed E-state index contributed by atoms with van der Waals surface area (Å²) in [6.45, 7) is 0.435. The van der Waals surface area contributed by atoms with Crippen LogP contribution in [0.15, 0.2) is 41.0 Å². The minimum absolute atomic E-state index is 0.00532. The number of rotatable bonds is 5. The van der Waals surface area contributed by atoms with Crippen molar-refractivity contribution in [3.05, 3.63) is 53.5 Å². The van der Waals surface area contributed by atoms with E-state index in [0.29, 0.717) is 6.54 Å². The standard InChI is InChI=1S/C14H15NO4/c1-18-14(17)13-11(5-6-19-13)8-15-12-4-2-3-10(7-12)9-16/h2-7,15-16H,8-9H2,1H3. The number of hydrogen-bond acceptors (Lipinski definition) is 5. The zero-order chi connectivity index (χ0) is 13.7. The van der Waals surface area contributed by atoms with Gasteiger partial charge in [-0.1, -0.05) is 12.1 Å². The van der Waals surface area contributed by atoms with Crippen LogP contribution < -0.4 is 5.32 Å². The Morgan fingerprint density at radius 2 is 2.26 bits per heavy atom. The number of aliphatic hydroxyl groups is 1. The first-order chi connectivity index (χ1) is 9.24. The van der Waals surface area contributed by atoms with E-state index in [-0.39, 0.29) is 12.4 Å². The molecule has 0 radical (unpaired) electrons. The van der Waals surface area contributed by atoms with Gasteiger partial charge >= 0.3 is 5.97 Å². The molecule has 0 atom stereocenters. The van der Waals surface area contributed by atoms with Crippen LogP contribution in [0, 0.1) is 0 Å². The van der Waals surface area contributed by atoms with Crippen molar-refractivity contribution < 1.29 is 19.1 Å². The first kappa shape index (κ1) is 13.2. The van der Waals surface area contributed by atoms with Crippen molar-refractivity contribution in [3.63, 3.8) is 0 Å². The molecular formula is C14H15NO4. The summed E-state index contributed by atoms with van der Waals surface area (Å²) in [4.78, 5) is 11.4. The highest BCUT2D eigenvalue weighted by Gasteiger charge is 2.15. The molecule has 0 saturated heterocycles. The van der Waals surface area contributed by atoms with Gasteiger partial charge in [-0.25, -0.2) is 4.79 Å². The number of nitrogens with one attached hydrogen (secondary N) is 1. The fourth-order valence-corrected chi connectivity index (χ4v) is 1.72. The Morgan fingerprint density at radius 3 is 3.00 bits per heavy atom. The molecular weight excluding hydrogens is 246 g/mol. The predicted octanol–water partition coefficient (Wildman–Crippen LogP) is 2.17. The van der Waals surface area contributed by atoms with E-state index in [9.17, 15) is 4.79 Å². The van der Waals surface area contributed by atoms with Crippen molar-refractivity contribution in [2.45, 2.75) is 13.2 Å². The summed E-state index contributed by atoms with van der Waals surface area (Å²) in [7, 11) is 1.31. The Bertz CT molecular complexity index is 562. The molecule has 0 saturated carbocycles. The van der Waals surface area contributed by atoms with Crippen LogP contribution in [-0.4, -0.2) is 18.2 Å². The summed E-state index contributed by atoms with van der Waals surface area (Å²) >= 11 is 0. The Kier molecular flexibility index (Phi) is 4.20. The minimum atomic E-state index is -0.495. The minimum Gasteiger partial charge on any atom is -0.463 e. The summed E-state index contributed by atoms with van der Waals surface area (Å²) in [5.74, 6) is -0.292. The van der Waals surface area contributed by atoms with Gasteiger partial charge in [0.25, 0.3) is 0 Å². The molecule has 1 heterocycles. The van der Waals surface area contributed by atoms with Gasteiger partial charge < -0.3 is 19.6 Å². The van der Waals surface area contributed by atoms with E-state index in [0.717, 1.165) is 16.8 Å². The van der Waals surface area contributed by atoms with E-state index in [2.05, 4.69) is 10.1 Å². The summed E-state index contributed by atoms with van der Waals surface area (Å²) in [6.07, 6.45) is 1.45. The molecule has 0 aliphatic rings. The van der Waals surface area contributed by atoms with E-state index < -0.39 is 5.97 Å². The van der Waals surface area contributed by atoms with E-state index in [1.54, 1.807) is 6.07 Å². The van der Waals surface area contributed by atoms with Crippen LogP contribution in [0.4, 0.5) is 5.69 Å². The molecule has 0 amide bonds. The van der Waals surface area contributed by atoms with Crippen molar-refractivity contribution in [3.8, 4) is 0 Å². The highest BCUT2D eigenvalue weighted by Crippen LogP contribution is 2.16. The fourth-order valence-electron chi connectivity index (χ4n) is 1.72. The highest BCUT2D eigenvalue weighted by molar-refractivity contribution is 5.87. The lowest BCUT2D eigenvalue weighted by Crippen LogP contribution is -2.06. The largest absolute Gasteiger partial charge is 0.463 e. The van der Waals surface area contributed by atoms with Gasteiger partial charge in [0, 0.05) is 17.8 Å². The third kappa shape index (κ3) is 3.14. The number of esters is 1. The number of furan rings is 1. The SMILES string of the molecule is COC(=O)c1occc1CNc1cccc(CO)c1. The third-order valence-corrected chi connectivity index (χ3v) is 2.71. The lowest BCUT2D eigenvalue weighted by Gasteiger charge is -2.07. The van der Waals surface area contributed by atoms with Gasteiger partial charge in [-0.3, -0.25) is 0 Å². The smallest absolute Gasteiger partial charge is 0.374 e. The zero-order valence-electron chi connectivity index (χ0n) is 10.6. The number of ether oxygens (including phenoxy) is 1. The van der Waals surface area contributed by atoms with E-state index in [1.807, 2.05) is 24.3 Å². The summed E-state index contributed by atoms with van der Waals surface area (Å²) in [5.41, 5.74) is 2.41. The van der Waals surface area contributed by atoms with Crippen molar-refractivity contribution in [1.29, 1.82) is 0 Å². The number of methoxy groups -OCH3 is 1. The summed E-state index contributed by atoms with van der Waals surface area (Å²) < 4.78 is 9.73. The maximum absolute atomic E-state index is 11.4. The Balaban J connectivity index is 2.06. The van der Waals surface area contributed by atoms with Gasteiger partial charge in [0.15, 0.2) is 0 Å². The predicted molar refractivity (Wildman–Crippen MR) is 69.7 cm³/mol. The molecule has 100 valence electrons. The first-order valence-corrected chi connectivity index (χ1v) is 5.83. The molecule has 2 N–H and O–H groups in total. The van der Waals surface area contributed by atoms with Crippen molar-refractivity contribution in [2.75, 3.05) is 12.4 Å². The molecule has 5 nitrogen and oxygen atoms in total. The molecule has 0 aliphatic carbocycles. The van der Waals surface area contributed by atoms with Gasteiger partial charge in [0.05, 0.1) is 20.0 Å². The maximum Gasteiger partial charge on any atom is 0.374 e. The van der Waals surface area contributed by atoms with Gasteiger partial charge in [-0.2, -0.15) is 0 Å². The molecule has 2 aromatic rings. The monoisotopic (exact) mass is 261 g/mol. The molecule has 1 aromatic heterocycles. The molecule has 2 rings (SSSR count). The third-order valence-electron chi connectivity index (χ3n) is 2.71. The van der Waals surface area contributed by atoms with Crippen LogP contribution in [0.2, 0.25) is 0 Å². The van der Waals surface area contributed by atoms with Crippen LogP contribution in [0.5, 0.6) is 0 Å². The normalized spacial score (nSPS) is 10.2. The van der Waals surface area contributed by atoms with Crippen molar-refractivity contribution in [2.24, 2.45) is 0 Å². The average Bonchev–Trinajstić information content (AvgIpc) is 2.93. The molecule has 0 spiro atoms. The second kappa shape index (κ2) is 6.06. The van der Waals surface area contributed by atoms with Crippen LogP contribution in [-0.2, 0) is 17.9 Å². The van der Waals surface area contributed by atoms with Crippen LogP contribution >= 0.6 is 0 Å². The van der Waals surface area contributed by atoms with E-state index in [1.165, 1.54) is 13.4 Å². The summed E-state index contributed by atoms with van der Waals surface area (Å²) in [6, 6.07) is 9.14. The molecule has 19 heavy (non-hydrogen) atoms. The van der Waals surface area contributed by atoms with Crippen LogP contribution in [0.3, 0.4) is 0 Å². The number of carbonyl (C=O) groups is 1. The number of anilines is 1. The fraction of sp³-hybridized carbons (Fsp3) is 0.214. The Hall–Kier alpha value is -2.27. The molecule has 0 fully saturated rings. The van der Waals surface area contributed by atoms with Crippen molar-refractivity contribution in [1.82, 2.24) is 0 Å². The van der Waals surface area contributed by atoms with Crippen LogP contribution in [0.25, 0.3) is 0 Å². The number of aliphatic hydroxyl groups excluding tert-OH is 1. The Morgan fingerprint density at radius 1 is 1.42 bits per heavy atom. The van der Waals surface area contributed by atoms with Crippen molar-refractivity contribution >= 4 is 11.7 Å². The molecule has 5 heteroatoms. The Labute approximate surface area is 110 Å². The molecule has 0 aliphatic heterocycles. The van der Waals surface area contributed by atoms with Gasteiger partial charge in [0.2, 0.25) is 5.76 Å². The zero-order valence-corrected chi connectivity index (χ0v) is 10.6. The number of carbonyl (C=O) groups excluding carboxylic acids is 1. The first-order valence-electron chi connectivity index (χ1n) is 5.83. The number of benzene rings is 1. The molecule has 0 unspecified atom stereocenters. The average molecular weight is 261 g/mol. The van der Waals surface area contributed by atoms with E-state index in [4.69, 9.17) is 9.52 Å². The number of hydrogen-bond donors (Lipinski definition) is 2. The van der Waals surface area contributed by atoms with Crippen LogP contribution in [0.1, 0.15) is 21.7 Å².